The van der Waals surface area contributed by atoms with Crippen molar-refractivity contribution in [3.05, 3.63) is 45.4 Å². The second-order valence-electron chi connectivity index (χ2n) is 7.14. The van der Waals surface area contributed by atoms with Crippen LogP contribution in [0.3, 0.4) is 0 Å². The third-order valence-corrected chi connectivity index (χ3v) is 5.20. The molecule has 0 fully saturated rings. The standard InChI is InChI=1S/C18H23NOS/c1-12(7-14-5-6-21-11-14)19-13(2)8-15-16(19)9-18(3,4)10-17(15)20/h5-6,8,11-12H,7,9-10H2,1-4H3. The summed E-state index contributed by atoms with van der Waals surface area (Å²) < 4.78 is 2.39. The maximum absolute atomic E-state index is 12.4. The Bertz CT molecular complexity index is 664. The number of rotatable bonds is 3. The maximum atomic E-state index is 12.4. The minimum absolute atomic E-state index is 0.0781. The van der Waals surface area contributed by atoms with Crippen LogP contribution in [-0.4, -0.2) is 10.4 Å². The van der Waals surface area contributed by atoms with Crippen LogP contribution in [0.1, 0.15) is 60.5 Å². The molecule has 2 aromatic rings. The van der Waals surface area contributed by atoms with Crippen LogP contribution in [0.25, 0.3) is 0 Å². The fraction of sp³-hybridized carbons (Fsp3) is 0.500. The summed E-state index contributed by atoms with van der Waals surface area (Å²) in [6.07, 6.45) is 2.69. The summed E-state index contributed by atoms with van der Waals surface area (Å²) in [7, 11) is 0. The molecule has 2 nitrogen and oxygen atoms in total. The van der Waals surface area contributed by atoms with E-state index in [1.807, 2.05) is 0 Å². The van der Waals surface area contributed by atoms with Crippen molar-refractivity contribution in [3.63, 3.8) is 0 Å². The van der Waals surface area contributed by atoms with Crippen LogP contribution in [0.4, 0.5) is 0 Å². The van der Waals surface area contributed by atoms with E-state index in [-0.39, 0.29) is 5.41 Å². The lowest BCUT2D eigenvalue weighted by atomic mass is 9.76. The predicted molar refractivity (Wildman–Crippen MR) is 88.3 cm³/mol. The molecule has 0 spiro atoms. The van der Waals surface area contributed by atoms with Crippen molar-refractivity contribution in [2.24, 2.45) is 5.41 Å². The third-order valence-electron chi connectivity index (χ3n) is 4.47. The molecule has 2 aromatic heterocycles. The number of ketones is 1. The monoisotopic (exact) mass is 301 g/mol. The molecule has 1 atom stereocenters. The van der Waals surface area contributed by atoms with Crippen LogP contribution in [-0.2, 0) is 12.8 Å². The number of nitrogens with zero attached hydrogens (tertiary/aromatic N) is 1. The van der Waals surface area contributed by atoms with Gasteiger partial charge in [-0.2, -0.15) is 11.3 Å². The number of carbonyl (C=O) groups excluding carboxylic acids is 1. The van der Waals surface area contributed by atoms with Crippen molar-refractivity contribution in [1.82, 2.24) is 4.57 Å². The van der Waals surface area contributed by atoms with Gasteiger partial charge in [0.05, 0.1) is 0 Å². The van der Waals surface area contributed by atoms with Crippen molar-refractivity contribution in [2.45, 2.75) is 53.0 Å². The highest BCUT2D eigenvalue weighted by Gasteiger charge is 2.34. The Kier molecular flexibility index (Phi) is 3.56. The molecule has 0 saturated carbocycles. The summed E-state index contributed by atoms with van der Waals surface area (Å²) in [4.78, 5) is 12.4. The van der Waals surface area contributed by atoms with E-state index >= 15 is 0 Å². The molecule has 0 bridgehead atoms. The average molecular weight is 301 g/mol. The van der Waals surface area contributed by atoms with E-state index in [1.165, 1.54) is 17.0 Å². The van der Waals surface area contributed by atoms with E-state index in [2.05, 4.69) is 55.2 Å². The first-order chi connectivity index (χ1) is 9.87. The van der Waals surface area contributed by atoms with Crippen LogP contribution in [0.15, 0.2) is 22.9 Å². The number of Topliss-reactive ketones (excluding diaryl/α,β-unsaturated/α-hetero) is 1. The smallest absolute Gasteiger partial charge is 0.165 e. The summed E-state index contributed by atoms with van der Waals surface area (Å²) >= 11 is 1.75. The first kappa shape index (κ1) is 14.6. The van der Waals surface area contributed by atoms with Gasteiger partial charge in [0.25, 0.3) is 0 Å². The molecular weight excluding hydrogens is 278 g/mol. The number of aryl methyl sites for hydroxylation is 1. The minimum atomic E-state index is 0.0781. The van der Waals surface area contributed by atoms with Gasteiger partial charge in [0.2, 0.25) is 0 Å². The fourth-order valence-corrected chi connectivity index (χ4v) is 4.31. The number of thiophene rings is 1. The van der Waals surface area contributed by atoms with E-state index in [4.69, 9.17) is 0 Å². The highest BCUT2D eigenvalue weighted by Crippen LogP contribution is 2.37. The Morgan fingerprint density at radius 2 is 2.14 bits per heavy atom. The normalized spacial score (nSPS) is 18.6. The second-order valence-corrected chi connectivity index (χ2v) is 7.92. The Balaban J connectivity index is 1.98. The van der Waals surface area contributed by atoms with E-state index in [0.717, 1.165) is 18.4 Å². The van der Waals surface area contributed by atoms with Crippen molar-refractivity contribution in [3.8, 4) is 0 Å². The molecule has 112 valence electrons. The second kappa shape index (κ2) is 5.13. The number of carbonyl (C=O) groups is 1. The van der Waals surface area contributed by atoms with Gasteiger partial charge >= 0.3 is 0 Å². The number of fused-ring (bicyclic) bond motifs is 1. The Labute approximate surface area is 130 Å². The zero-order valence-corrected chi connectivity index (χ0v) is 14.1. The molecule has 21 heavy (non-hydrogen) atoms. The molecule has 3 heteroatoms. The lowest BCUT2D eigenvalue weighted by Gasteiger charge is -2.31. The molecule has 0 aromatic carbocycles. The zero-order valence-electron chi connectivity index (χ0n) is 13.3. The minimum Gasteiger partial charge on any atom is -0.345 e. The molecule has 0 amide bonds. The molecule has 0 N–H and O–H groups in total. The van der Waals surface area contributed by atoms with Gasteiger partial charge < -0.3 is 4.57 Å². The average Bonchev–Trinajstić information content (AvgIpc) is 2.95. The van der Waals surface area contributed by atoms with Crippen LogP contribution < -0.4 is 0 Å². The van der Waals surface area contributed by atoms with Gasteiger partial charge in [0.1, 0.15) is 0 Å². The highest BCUT2D eigenvalue weighted by molar-refractivity contribution is 7.07. The molecular formula is C18H23NOS. The summed E-state index contributed by atoms with van der Waals surface area (Å²) in [6, 6.07) is 4.68. The van der Waals surface area contributed by atoms with Gasteiger partial charge in [-0.25, -0.2) is 0 Å². The lowest BCUT2D eigenvalue weighted by Crippen LogP contribution is -2.29. The van der Waals surface area contributed by atoms with E-state index in [1.54, 1.807) is 11.3 Å². The molecule has 1 aliphatic rings. The van der Waals surface area contributed by atoms with Crippen molar-refractivity contribution >= 4 is 17.1 Å². The quantitative estimate of drug-likeness (QED) is 0.797. The maximum Gasteiger partial charge on any atom is 0.165 e. The summed E-state index contributed by atoms with van der Waals surface area (Å²) in [5.41, 5.74) is 4.89. The van der Waals surface area contributed by atoms with Gasteiger partial charge in [0, 0.05) is 29.4 Å². The van der Waals surface area contributed by atoms with Crippen molar-refractivity contribution < 1.29 is 4.79 Å². The van der Waals surface area contributed by atoms with Gasteiger partial charge in [-0.15, -0.1) is 0 Å². The van der Waals surface area contributed by atoms with Gasteiger partial charge in [0.15, 0.2) is 5.78 Å². The molecule has 0 saturated heterocycles. The summed E-state index contributed by atoms with van der Waals surface area (Å²) in [5.74, 6) is 0.311. The Morgan fingerprint density at radius 3 is 2.81 bits per heavy atom. The van der Waals surface area contributed by atoms with Crippen LogP contribution in [0.5, 0.6) is 0 Å². The molecule has 2 heterocycles. The first-order valence-electron chi connectivity index (χ1n) is 7.62. The number of hydrogen-bond acceptors (Lipinski definition) is 2. The van der Waals surface area contributed by atoms with E-state index in [9.17, 15) is 4.79 Å². The molecule has 0 radical (unpaired) electrons. The molecule has 1 unspecified atom stereocenters. The molecule has 0 aliphatic heterocycles. The van der Waals surface area contributed by atoms with Crippen molar-refractivity contribution in [1.29, 1.82) is 0 Å². The fourth-order valence-electron chi connectivity index (χ4n) is 3.63. The van der Waals surface area contributed by atoms with E-state index in [0.29, 0.717) is 18.2 Å². The molecule has 1 aliphatic carbocycles. The predicted octanol–water partition coefficient (Wildman–Crippen LogP) is 4.82. The SMILES string of the molecule is Cc1cc2c(n1C(C)Cc1ccsc1)CC(C)(C)CC2=O. The van der Waals surface area contributed by atoms with Crippen LogP contribution in [0, 0.1) is 12.3 Å². The Morgan fingerprint density at radius 1 is 1.38 bits per heavy atom. The lowest BCUT2D eigenvalue weighted by molar-refractivity contribution is 0.0909. The highest BCUT2D eigenvalue weighted by atomic mass is 32.1. The molecule has 3 rings (SSSR count). The van der Waals surface area contributed by atoms with Crippen LogP contribution >= 0.6 is 11.3 Å². The van der Waals surface area contributed by atoms with Gasteiger partial charge in [-0.3, -0.25) is 4.79 Å². The van der Waals surface area contributed by atoms with E-state index < -0.39 is 0 Å². The largest absolute Gasteiger partial charge is 0.345 e. The van der Waals surface area contributed by atoms with Gasteiger partial charge in [-0.05, 0) is 60.6 Å². The third kappa shape index (κ3) is 2.71. The first-order valence-corrected chi connectivity index (χ1v) is 8.57. The van der Waals surface area contributed by atoms with Crippen molar-refractivity contribution in [2.75, 3.05) is 0 Å². The van der Waals surface area contributed by atoms with Crippen LogP contribution in [0.2, 0.25) is 0 Å². The summed E-state index contributed by atoms with van der Waals surface area (Å²) in [5, 5.41) is 4.35. The number of aromatic nitrogens is 1. The van der Waals surface area contributed by atoms with Gasteiger partial charge in [-0.1, -0.05) is 13.8 Å². The topological polar surface area (TPSA) is 22.0 Å². The zero-order chi connectivity index (χ0) is 15.2. The Hall–Kier alpha value is -1.35. The number of hydrogen-bond donors (Lipinski definition) is 0. The summed E-state index contributed by atoms with van der Waals surface area (Å²) in [6.45, 7) is 8.79.